The van der Waals surface area contributed by atoms with Gasteiger partial charge in [-0.15, -0.1) is 0 Å². The van der Waals surface area contributed by atoms with E-state index < -0.39 is 6.10 Å². The Morgan fingerprint density at radius 2 is 2.19 bits per heavy atom. The molecule has 1 rings (SSSR count). The van der Waals surface area contributed by atoms with Gasteiger partial charge in [0.05, 0.1) is 19.3 Å². The highest BCUT2D eigenvalue weighted by Gasteiger charge is 2.10. The number of hydrogen-bond donors (Lipinski definition) is 2. The molecule has 2 N–H and O–H groups in total. The van der Waals surface area contributed by atoms with E-state index in [-0.39, 0.29) is 19.0 Å². The van der Waals surface area contributed by atoms with Gasteiger partial charge in [-0.2, -0.15) is 0 Å². The Hall–Kier alpha value is -1.45. The lowest BCUT2D eigenvalue weighted by atomic mass is 10.1. The summed E-state index contributed by atoms with van der Waals surface area (Å²) in [5.74, 6) is 5.23. The Balaban J connectivity index is 2.62. The van der Waals surface area contributed by atoms with E-state index in [9.17, 15) is 9.50 Å². The molecule has 0 saturated heterocycles. The second-order valence-electron chi connectivity index (χ2n) is 4.89. The van der Waals surface area contributed by atoms with Gasteiger partial charge < -0.3 is 14.9 Å². The Labute approximate surface area is 125 Å². The van der Waals surface area contributed by atoms with Crippen molar-refractivity contribution < 1.29 is 19.3 Å². The van der Waals surface area contributed by atoms with Crippen molar-refractivity contribution in [3.8, 4) is 11.8 Å². The van der Waals surface area contributed by atoms with Crippen LogP contribution in [0.4, 0.5) is 4.39 Å². The zero-order chi connectivity index (χ0) is 15.7. The SMILES string of the molecule is COCC(O)CN(C)Cc1ccc(C#CCCO)cc1F. The van der Waals surface area contributed by atoms with E-state index in [0.717, 1.165) is 0 Å². The first-order chi connectivity index (χ1) is 10.1. The quantitative estimate of drug-likeness (QED) is 0.737. The molecule has 1 aromatic rings. The molecule has 0 heterocycles. The van der Waals surface area contributed by atoms with Crippen LogP contribution in [0.25, 0.3) is 0 Å². The molecule has 0 fully saturated rings. The van der Waals surface area contributed by atoms with Crippen LogP contribution in [0.2, 0.25) is 0 Å². The molecule has 1 atom stereocenters. The topological polar surface area (TPSA) is 52.9 Å². The van der Waals surface area contributed by atoms with Gasteiger partial charge in [0.25, 0.3) is 0 Å². The second kappa shape index (κ2) is 9.48. The van der Waals surface area contributed by atoms with Gasteiger partial charge in [0.1, 0.15) is 5.82 Å². The second-order valence-corrected chi connectivity index (χ2v) is 4.89. The third-order valence-electron chi connectivity index (χ3n) is 2.84. The van der Waals surface area contributed by atoms with E-state index in [2.05, 4.69) is 11.8 Å². The molecular formula is C16H22FNO3. The number of aliphatic hydroxyl groups excluding tert-OH is 2. The van der Waals surface area contributed by atoms with Gasteiger partial charge in [-0.1, -0.05) is 17.9 Å². The minimum absolute atomic E-state index is 0.00214. The summed E-state index contributed by atoms with van der Waals surface area (Å²) in [5, 5.41) is 18.3. The molecule has 4 nitrogen and oxygen atoms in total. The van der Waals surface area contributed by atoms with Gasteiger partial charge in [0.2, 0.25) is 0 Å². The third kappa shape index (κ3) is 6.69. The van der Waals surface area contributed by atoms with E-state index in [1.54, 1.807) is 12.1 Å². The summed E-state index contributed by atoms with van der Waals surface area (Å²) >= 11 is 0. The van der Waals surface area contributed by atoms with Crippen molar-refractivity contribution in [3.63, 3.8) is 0 Å². The number of likely N-dealkylation sites (N-methyl/N-ethyl adjacent to an activating group) is 1. The zero-order valence-corrected chi connectivity index (χ0v) is 12.5. The summed E-state index contributed by atoms with van der Waals surface area (Å²) in [4.78, 5) is 1.83. The molecular weight excluding hydrogens is 273 g/mol. The number of benzene rings is 1. The molecule has 1 unspecified atom stereocenters. The predicted octanol–water partition coefficient (Wildman–Crippen LogP) is 0.999. The maximum atomic E-state index is 14.0. The van der Waals surface area contributed by atoms with Gasteiger partial charge in [-0.25, -0.2) is 4.39 Å². The van der Waals surface area contributed by atoms with Gasteiger partial charge in [-0.05, 0) is 19.2 Å². The molecule has 1 aromatic carbocycles. The number of rotatable bonds is 7. The van der Waals surface area contributed by atoms with Gasteiger partial charge in [0.15, 0.2) is 0 Å². The van der Waals surface area contributed by atoms with Crippen LogP contribution in [-0.4, -0.2) is 55.1 Å². The summed E-state index contributed by atoms with van der Waals surface area (Å²) in [5.41, 5.74) is 1.14. The maximum absolute atomic E-state index is 14.0. The molecule has 0 spiro atoms. The van der Waals surface area contributed by atoms with E-state index >= 15 is 0 Å². The highest BCUT2D eigenvalue weighted by Crippen LogP contribution is 2.12. The highest BCUT2D eigenvalue weighted by molar-refractivity contribution is 5.37. The molecule has 21 heavy (non-hydrogen) atoms. The fourth-order valence-electron chi connectivity index (χ4n) is 1.93. The van der Waals surface area contributed by atoms with Crippen LogP contribution in [0.3, 0.4) is 0 Å². The number of nitrogens with zero attached hydrogens (tertiary/aromatic N) is 1. The first-order valence-electron chi connectivity index (χ1n) is 6.80. The minimum atomic E-state index is -0.591. The summed E-state index contributed by atoms with van der Waals surface area (Å²) in [7, 11) is 3.34. The van der Waals surface area contributed by atoms with Gasteiger partial charge >= 0.3 is 0 Å². The van der Waals surface area contributed by atoms with Crippen molar-refractivity contribution in [3.05, 3.63) is 35.1 Å². The first-order valence-corrected chi connectivity index (χ1v) is 6.80. The van der Waals surface area contributed by atoms with Crippen LogP contribution in [0.5, 0.6) is 0 Å². The molecule has 0 bridgehead atoms. The van der Waals surface area contributed by atoms with Gasteiger partial charge in [0, 0.05) is 37.7 Å². The van der Waals surface area contributed by atoms with Crippen molar-refractivity contribution >= 4 is 0 Å². The Morgan fingerprint density at radius 1 is 1.43 bits per heavy atom. The van der Waals surface area contributed by atoms with E-state index in [1.165, 1.54) is 13.2 Å². The molecule has 0 aromatic heterocycles. The van der Waals surface area contributed by atoms with Crippen LogP contribution in [0, 0.1) is 17.7 Å². The van der Waals surface area contributed by atoms with Crippen molar-refractivity contribution in [2.75, 3.05) is 33.9 Å². The van der Waals surface area contributed by atoms with Gasteiger partial charge in [-0.3, -0.25) is 4.90 Å². The lowest BCUT2D eigenvalue weighted by Crippen LogP contribution is -2.31. The third-order valence-corrected chi connectivity index (χ3v) is 2.84. The molecule has 0 aliphatic rings. The molecule has 0 aliphatic heterocycles. The maximum Gasteiger partial charge on any atom is 0.128 e. The van der Waals surface area contributed by atoms with Crippen LogP contribution in [0.1, 0.15) is 17.5 Å². The van der Waals surface area contributed by atoms with Crippen molar-refractivity contribution in [2.24, 2.45) is 0 Å². The number of hydrogen-bond acceptors (Lipinski definition) is 4. The zero-order valence-electron chi connectivity index (χ0n) is 12.5. The number of aliphatic hydroxyl groups is 2. The molecule has 0 radical (unpaired) electrons. The lowest BCUT2D eigenvalue weighted by Gasteiger charge is -2.20. The standard InChI is InChI=1S/C16H22FNO3/c1-18(11-15(20)12-21-2)10-14-7-6-13(9-16(14)17)5-3-4-8-19/h6-7,9,15,19-20H,4,8,10-12H2,1-2H3. The van der Waals surface area contributed by atoms with Crippen molar-refractivity contribution in [2.45, 2.75) is 19.1 Å². The van der Waals surface area contributed by atoms with E-state index in [4.69, 9.17) is 9.84 Å². The minimum Gasteiger partial charge on any atom is -0.395 e. The lowest BCUT2D eigenvalue weighted by molar-refractivity contribution is 0.0417. The van der Waals surface area contributed by atoms with Crippen molar-refractivity contribution in [1.82, 2.24) is 4.90 Å². The number of ether oxygens (including phenoxy) is 1. The van der Waals surface area contributed by atoms with Crippen LogP contribution >= 0.6 is 0 Å². The fourth-order valence-corrected chi connectivity index (χ4v) is 1.93. The first kappa shape index (κ1) is 17.6. The predicted molar refractivity (Wildman–Crippen MR) is 79.2 cm³/mol. The monoisotopic (exact) mass is 295 g/mol. The van der Waals surface area contributed by atoms with Crippen LogP contribution in [-0.2, 0) is 11.3 Å². The molecule has 0 amide bonds. The van der Waals surface area contributed by atoms with Crippen molar-refractivity contribution in [1.29, 1.82) is 0 Å². The normalized spacial score (nSPS) is 12.1. The Kier molecular flexibility index (Phi) is 7.95. The largest absolute Gasteiger partial charge is 0.395 e. The van der Waals surface area contributed by atoms with Crippen LogP contribution in [0.15, 0.2) is 18.2 Å². The smallest absolute Gasteiger partial charge is 0.128 e. The molecule has 0 aliphatic carbocycles. The Bertz CT molecular complexity index is 496. The summed E-state index contributed by atoms with van der Waals surface area (Å²) in [6, 6.07) is 4.83. The summed E-state index contributed by atoms with van der Waals surface area (Å²) in [6.45, 7) is 1.07. The van der Waals surface area contributed by atoms with E-state index in [0.29, 0.717) is 30.6 Å². The Morgan fingerprint density at radius 3 is 2.81 bits per heavy atom. The average molecular weight is 295 g/mol. The van der Waals surface area contributed by atoms with Crippen LogP contribution < -0.4 is 0 Å². The molecule has 5 heteroatoms. The summed E-state index contributed by atoms with van der Waals surface area (Å²) < 4.78 is 18.8. The average Bonchev–Trinajstić information content (AvgIpc) is 2.42. The number of halogens is 1. The summed E-state index contributed by atoms with van der Waals surface area (Å²) in [6.07, 6.45) is -0.213. The molecule has 0 saturated carbocycles. The fraction of sp³-hybridized carbons (Fsp3) is 0.500. The van der Waals surface area contributed by atoms with E-state index in [1.807, 2.05) is 11.9 Å². The highest BCUT2D eigenvalue weighted by atomic mass is 19.1. The molecule has 116 valence electrons. The number of methoxy groups -OCH3 is 1.